The van der Waals surface area contributed by atoms with Gasteiger partial charge in [0.2, 0.25) is 0 Å². The number of hydrogen-bond acceptors (Lipinski definition) is 3. The van der Waals surface area contributed by atoms with E-state index in [1.807, 2.05) is 35.2 Å². The van der Waals surface area contributed by atoms with Gasteiger partial charge in [0.05, 0.1) is 0 Å². The Morgan fingerprint density at radius 3 is 3.00 bits per heavy atom. The van der Waals surface area contributed by atoms with Gasteiger partial charge in [0.25, 0.3) is 5.91 Å². The van der Waals surface area contributed by atoms with Crippen molar-refractivity contribution >= 4 is 16.7 Å². The molecule has 2 unspecified atom stereocenters. The smallest absolute Gasteiger partial charge is 0.273 e. The minimum Gasteiger partial charge on any atom is -0.337 e. The van der Waals surface area contributed by atoms with Crippen LogP contribution in [0, 0.1) is 11.8 Å². The third kappa shape index (κ3) is 2.63. The first-order valence-electron chi connectivity index (χ1n) is 7.54. The summed E-state index contributed by atoms with van der Waals surface area (Å²) in [6.07, 6.45) is 2.72. The van der Waals surface area contributed by atoms with Gasteiger partial charge in [-0.25, -0.2) is 0 Å². The fraction of sp³-hybridized carbons (Fsp3) is 0.412. The minimum atomic E-state index is 0.0251. The molecule has 2 atom stereocenters. The molecule has 110 valence electrons. The molecule has 0 saturated carbocycles. The quantitative estimate of drug-likeness (QED) is 0.920. The van der Waals surface area contributed by atoms with Gasteiger partial charge in [-0.05, 0) is 36.3 Å². The molecule has 4 nitrogen and oxygen atoms in total. The number of benzene rings is 1. The monoisotopic (exact) mass is 283 g/mol. The molecule has 1 saturated heterocycles. The van der Waals surface area contributed by atoms with Crippen molar-refractivity contribution in [3.05, 3.63) is 42.2 Å². The molecular formula is C17H21N3O. The van der Waals surface area contributed by atoms with Gasteiger partial charge in [-0.15, -0.1) is 0 Å². The van der Waals surface area contributed by atoms with Gasteiger partial charge in [-0.1, -0.05) is 31.2 Å². The van der Waals surface area contributed by atoms with Crippen molar-refractivity contribution in [1.29, 1.82) is 0 Å². The van der Waals surface area contributed by atoms with Crippen molar-refractivity contribution in [3.8, 4) is 0 Å². The molecule has 1 fully saturated rings. The number of amides is 1. The number of piperidine rings is 1. The van der Waals surface area contributed by atoms with E-state index in [1.165, 1.54) is 0 Å². The highest BCUT2D eigenvalue weighted by Crippen LogP contribution is 2.25. The van der Waals surface area contributed by atoms with E-state index < -0.39 is 0 Å². The summed E-state index contributed by atoms with van der Waals surface area (Å²) in [6, 6.07) is 9.83. The Balaban J connectivity index is 1.90. The lowest BCUT2D eigenvalue weighted by atomic mass is 9.87. The molecule has 0 aliphatic carbocycles. The molecular weight excluding hydrogens is 262 g/mol. The van der Waals surface area contributed by atoms with Gasteiger partial charge in [-0.2, -0.15) is 0 Å². The molecule has 2 aromatic rings. The SMILES string of the molecule is CC1CCN(C(=O)c2nccc3ccccc23)CC1CN. The van der Waals surface area contributed by atoms with Crippen LogP contribution in [-0.4, -0.2) is 35.4 Å². The average Bonchev–Trinajstić information content (AvgIpc) is 2.54. The van der Waals surface area contributed by atoms with Gasteiger partial charge in [0.1, 0.15) is 5.69 Å². The number of nitrogens with two attached hydrogens (primary N) is 1. The third-order valence-corrected chi connectivity index (χ3v) is 4.58. The third-order valence-electron chi connectivity index (χ3n) is 4.58. The van der Waals surface area contributed by atoms with Crippen molar-refractivity contribution in [2.24, 2.45) is 17.6 Å². The zero-order valence-corrected chi connectivity index (χ0v) is 12.3. The first-order valence-corrected chi connectivity index (χ1v) is 7.54. The fourth-order valence-electron chi connectivity index (χ4n) is 3.08. The Morgan fingerprint density at radius 1 is 1.38 bits per heavy atom. The molecule has 3 rings (SSSR count). The maximum atomic E-state index is 12.8. The number of carbonyl (C=O) groups excluding carboxylic acids is 1. The zero-order chi connectivity index (χ0) is 14.8. The molecule has 0 spiro atoms. The van der Waals surface area contributed by atoms with Crippen molar-refractivity contribution in [2.75, 3.05) is 19.6 Å². The van der Waals surface area contributed by atoms with Gasteiger partial charge in [0, 0.05) is 24.7 Å². The molecule has 1 aromatic carbocycles. The fourth-order valence-corrected chi connectivity index (χ4v) is 3.08. The number of aromatic nitrogens is 1. The molecule has 1 aliphatic heterocycles. The van der Waals surface area contributed by atoms with Crippen LogP contribution in [-0.2, 0) is 0 Å². The van der Waals surface area contributed by atoms with Crippen LogP contribution in [0.15, 0.2) is 36.5 Å². The minimum absolute atomic E-state index is 0.0251. The van der Waals surface area contributed by atoms with E-state index in [0.29, 0.717) is 24.1 Å². The molecule has 0 radical (unpaired) electrons. The van der Waals surface area contributed by atoms with E-state index in [-0.39, 0.29) is 5.91 Å². The number of pyridine rings is 1. The van der Waals surface area contributed by atoms with Crippen LogP contribution in [0.25, 0.3) is 10.8 Å². The van der Waals surface area contributed by atoms with Crippen LogP contribution in [0.3, 0.4) is 0 Å². The van der Waals surface area contributed by atoms with Crippen LogP contribution >= 0.6 is 0 Å². The summed E-state index contributed by atoms with van der Waals surface area (Å²) in [5, 5.41) is 1.98. The Morgan fingerprint density at radius 2 is 2.19 bits per heavy atom. The van der Waals surface area contributed by atoms with Crippen molar-refractivity contribution in [2.45, 2.75) is 13.3 Å². The Labute approximate surface area is 125 Å². The van der Waals surface area contributed by atoms with E-state index in [9.17, 15) is 4.79 Å². The lowest BCUT2D eigenvalue weighted by molar-refractivity contribution is 0.0615. The van der Waals surface area contributed by atoms with Gasteiger partial charge >= 0.3 is 0 Å². The predicted molar refractivity (Wildman–Crippen MR) is 84.0 cm³/mol. The lowest BCUT2D eigenvalue weighted by Gasteiger charge is -2.36. The molecule has 4 heteroatoms. The number of fused-ring (bicyclic) bond motifs is 1. The standard InChI is InChI=1S/C17H21N3O/c1-12-7-9-20(11-14(12)10-18)17(21)16-15-5-3-2-4-13(15)6-8-19-16/h2-6,8,12,14H,7,9-11,18H2,1H3. The average molecular weight is 283 g/mol. The van der Waals surface area contributed by atoms with Crippen LogP contribution in [0.1, 0.15) is 23.8 Å². The summed E-state index contributed by atoms with van der Waals surface area (Å²) in [5.74, 6) is 0.995. The topological polar surface area (TPSA) is 59.2 Å². The number of rotatable bonds is 2. The second-order valence-corrected chi connectivity index (χ2v) is 5.89. The molecule has 21 heavy (non-hydrogen) atoms. The van der Waals surface area contributed by atoms with Gasteiger partial charge in [-0.3, -0.25) is 9.78 Å². The summed E-state index contributed by atoms with van der Waals surface area (Å²) in [6.45, 7) is 4.38. The van der Waals surface area contributed by atoms with Crippen LogP contribution in [0.4, 0.5) is 0 Å². The molecule has 2 heterocycles. The second-order valence-electron chi connectivity index (χ2n) is 5.89. The molecule has 1 aliphatic rings. The lowest BCUT2D eigenvalue weighted by Crippen LogP contribution is -2.45. The summed E-state index contributed by atoms with van der Waals surface area (Å²) < 4.78 is 0. The molecule has 1 amide bonds. The first-order chi connectivity index (χ1) is 10.2. The maximum absolute atomic E-state index is 12.8. The second kappa shape index (κ2) is 5.82. The van der Waals surface area contributed by atoms with Crippen molar-refractivity contribution < 1.29 is 4.79 Å². The van der Waals surface area contributed by atoms with E-state index in [0.717, 1.165) is 30.3 Å². The number of likely N-dealkylation sites (tertiary alicyclic amines) is 1. The molecule has 2 N–H and O–H groups in total. The van der Waals surface area contributed by atoms with E-state index in [2.05, 4.69) is 11.9 Å². The largest absolute Gasteiger partial charge is 0.337 e. The van der Waals surface area contributed by atoms with E-state index in [1.54, 1.807) is 6.20 Å². The normalized spacial score (nSPS) is 22.5. The maximum Gasteiger partial charge on any atom is 0.273 e. The highest BCUT2D eigenvalue weighted by atomic mass is 16.2. The van der Waals surface area contributed by atoms with E-state index >= 15 is 0 Å². The van der Waals surface area contributed by atoms with Crippen molar-refractivity contribution in [3.63, 3.8) is 0 Å². The van der Waals surface area contributed by atoms with Crippen LogP contribution < -0.4 is 5.73 Å². The van der Waals surface area contributed by atoms with E-state index in [4.69, 9.17) is 5.73 Å². The molecule has 1 aromatic heterocycles. The van der Waals surface area contributed by atoms with Gasteiger partial charge < -0.3 is 10.6 Å². The summed E-state index contributed by atoms with van der Waals surface area (Å²) in [4.78, 5) is 19.0. The number of carbonyl (C=O) groups is 1. The van der Waals surface area contributed by atoms with Crippen molar-refractivity contribution in [1.82, 2.24) is 9.88 Å². The number of nitrogens with zero attached hydrogens (tertiary/aromatic N) is 2. The Bertz CT molecular complexity index is 650. The molecule has 0 bridgehead atoms. The summed E-state index contributed by atoms with van der Waals surface area (Å²) in [5.41, 5.74) is 6.39. The number of hydrogen-bond donors (Lipinski definition) is 1. The summed E-state index contributed by atoms with van der Waals surface area (Å²) in [7, 11) is 0. The van der Waals surface area contributed by atoms with Gasteiger partial charge in [0.15, 0.2) is 0 Å². The first kappa shape index (κ1) is 14.0. The Hall–Kier alpha value is -1.94. The Kier molecular flexibility index (Phi) is 3.88. The van der Waals surface area contributed by atoms with Crippen LogP contribution in [0.5, 0.6) is 0 Å². The predicted octanol–water partition coefficient (Wildman–Crippen LogP) is 2.29. The van der Waals surface area contributed by atoms with Crippen LogP contribution in [0.2, 0.25) is 0 Å². The highest BCUT2D eigenvalue weighted by molar-refractivity contribution is 6.05. The zero-order valence-electron chi connectivity index (χ0n) is 12.3. The highest BCUT2D eigenvalue weighted by Gasteiger charge is 2.29. The summed E-state index contributed by atoms with van der Waals surface area (Å²) >= 11 is 0.